The maximum absolute atomic E-state index is 12.0. The molecule has 200 valence electrons. The Labute approximate surface area is 223 Å². The number of likely N-dealkylation sites (tertiary alicyclic amines) is 2. The number of nitrogens with one attached hydrogen (secondary N) is 1. The van der Waals surface area contributed by atoms with Crippen LogP contribution in [0.2, 0.25) is 0 Å². The van der Waals surface area contributed by atoms with Crippen LogP contribution >= 0.6 is 0 Å². The predicted octanol–water partition coefficient (Wildman–Crippen LogP) is 3.17. The van der Waals surface area contributed by atoms with Gasteiger partial charge in [0, 0.05) is 68.4 Å². The molecular weight excluding hydrogens is 462 g/mol. The Balaban J connectivity index is 1.53. The topological polar surface area (TPSA) is 51.3 Å². The maximum Gasteiger partial charge on any atom is 0.153 e. The molecule has 0 spiro atoms. The van der Waals surface area contributed by atoms with Crippen LogP contribution in [0.4, 0.5) is 5.69 Å². The lowest BCUT2D eigenvalue weighted by Crippen LogP contribution is -2.44. The first-order chi connectivity index (χ1) is 17.8. The Bertz CT molecular complexity index is 1060. The lowest BCUT2D eigenvalue weighted by molar-refractivity contribution is -0.116. The zero-order chi connectivity index (χ0) is 26.5. The fraction of sp³-hybridized carbons (Fsp3) is 0.567. The minimum Gasteiger partial charge on any atom is -0.380 e. The number of terminal acetylenes is 1. The molecule has 3 heterocycles. The number of ether oxygens (including phenoxy) is 1. The van der Waals surface area contributed by atoms with Gasteiger partial charge in [-0.15, -0.1) is 6.42 Å². The molecule has 2 atom stereocenters. The summed E-state index contributed by atoms with van der Waals surface area (Å²) in [7, 11) is 8.07. The maximum atomic E-state index is 12.0. The predicted molar refractivity (Wildman–Crippen MR) is 150 cm³/mol. The molecule has 1 aromatic carbocycles. The summed E-state index contributed by atoms with van der Waals surface area (Å²) in [6.07, 6.45) is 12.9. The van der Waals surface area contributed by atoms with E-state index >= 15 is 0 Å². The van der Waals surface area contributed by atoms with Crippen molar-refractivity contribution in [3.8, 4) is 12.3 Å². The molecule has 2 saturated heterocycles. The van der Waals surface area contributed by atoms with Crippen molar-refractivity contribution in [3.05, 3.63) is 52.9 Å². The Kier molecular flexibility index (Phi) is 8.96. The first kappa shape index (κ1) is 27.3. The number of hydrogen-bond acceptors (Lipinski definition) is 7. The number of anilines is 1. The molecule has 0 aromatic heterocycles. The van der Waals surface area contributed by atoms with Crippen molar-refractivity contribution in [2.24, 2.45) is 0 Å². The summed E-state index contributed by atoms with van der Waals surface area (Å²) in [6, 6.07) is 6.98. The second-order valence-electron chi connectivity index (χ2n) is 10.9. The lowest BCUT2D eigenvalue weighted by atomic mass is 9.86. The normalized spacial score (nSPS) is 22.2. The van der Waals surface area contributed by atoms with E-state index < -0.39 is 0 Å². The third kappa shape index (κ3) is 6.38. The summed E-state index contributed by atoms with van der Waals surface area (Å²) in [5.41, 5.74) is 5.53. The van der Waals surface area contributed by atoms with Crippen LogP contribution in [0, 0.1) is 12.3 Å². The van der Waals surface area contributed by atoms with Crippen LogP contribution in [-0.4, -0.2) is 105 Å². The smallest absolute Gasteiger partial charge is 0.153 e. The van der Waals surface area contributed by atoms with Gasteiger partial charge >= 0.3 is 0 Å². The van der Waals surface area contributed by atoms with E-state index in [1.165, 1.54) is 5.56 Å². The molecule has 0 amide bonds. The van der Waals surface area contributed by atoms with Crippen molar-refractivity contribution in [2.45, 2.75) is 44.3 Å². The van der Waals surface area contributed by atoms with E-state index in [1.54, 1.807) is 7.11 Å². The molecular formula is C30H43N5O2. The number of Topliss-reactive ketones (excluding diaryl/α,β-unsaturated/α-hetero) is 1. The van der Waals surface area contributed by atoms with Gasteiger partial charge < -0.3 is 24.8 Å². The van der Waals surface area contributed by atoms with Gasteiger partial charge in [-0.1, -0.05) is 5.92 Å². The van der Waals surface area contributed by atoms with Crippen LogP contribution in [0.15, 0.2) is 41.7 Å². The quantitative estimate of drug-likeness (QED) is 0.518. The van der Waals surface area contributed by atoms with E-state index in [0.29, 0.717) is 31.5 Å². The van der Waals surface area contributed by atoms with Crippen molar-refractivity contribution < 1.29 is 9.53 Å². The molecule has 0 aliphatic carbocycles. The zero-order valence-corrected chi connectivity index (χ0v) is 23.2. The molecule has 0 radical (unpaired) electrons. The van der Waals surface area contributed by atoms with Gasteiger partial charge in [0.1, 0.15) is 6.17 Å². The fourth-order valence-electron chi connectivity index (χ4n) is 5.98. The van der Waals surface area contributed by atoms with E-state index in [4.69, 9.17) is 11.2 Å². The Morgan fingerprint density at radius 1 is 1.24 bits per heavy atom. The fourth-order valence-corrected chi connectivity index (χ4v) is 5.98. The number of benzene rings is 1. The summed E-state index contributed by atoms with van der Waals surface area (Å²) in [4.78, 5) is 21.2. The standard InChI is InChI=1S/C30H43N5O2/c1-7-23-8-9-25(18-27(23)24-10-15-34(16-11-24)22(2)19-32(3)4)31-30-28(21-37-6)29(13-14-33(30)5)35-17-12-26(36)20-35/h1,8-9,13-14,18,22,24,30-31H,10-12,15-17,19-21H2,2-6H3. The first-order valence-electron chi connectivity index (χ1n) is 13.4. The van der Waals surface area contributed by atoms with Gasteiger partial charge in [-0.3, -0.25) is 9.69 Å². The van der Waals surface area contributed by atoms with Gasteiger partial charge in [0.25, 0.3) is 0 Å². The molecule has 1 N–H and O–H groups in total. The lowest BCUT2D eigenvalue weighted by Gasteiger charge is -2.38. The number of likely N-dealkylation sites (N-methyl/N-ethyl adjacent to an activating group) is 2. The van der Waals surface area contributed by atoms with Crippen LogP contribution < -0.4 is 5.32 Å². The molecule has 2 fully saturated rings. The van der Waals surface area contributed by atoms with Crippen molar-refractivity contribution in [1.82, 2.24) is 19.6 Å². The number of rotatable bonds is 9. The SMILES string of the molecule is C#Cc1ccc(NC2C(COC)=C(N3CCC(=O)C3)C=CN2C)cc1C1CCN(C(C)CN(C)C)CC1. The minimum atomic E-state index is -0.0751. The number of carbonyl (C=O) groups is 1. The van der Waals surface area contributed by atoms with Crippen molar-refractivity contribution in [1.29, 1.82) is 0 Å². The van der Waals surface area contributed by atoms with Gasteiger partial charge in [0.05, 0.1) is 13.2 Å². The molecule has 2 unspecified atom stereocenters. The number of allylic oxidation sites excluding steroid dienone is 1. The molecule has 3 aliphatic heterocycles. The van der Waals surface area contributed by atoms with Crippen molar-refractivity contribution in [2.75, 3.05) is 72.9 Å². The molecule has 1 aromatic rings. The number of carbonyl (C=O) groups excluding carboxylic acids is 1. The van der Waals surface area contributed by atoms with Crippen LogP contribution in [0.3, 0.4) is 0 Å². The molecule has 0 saturated carbocycles. The monoisotopic (exact) mass is 505 g/mol. The zero-order valence-electron chi connectivity index (χ0n) is 23.2. The van der Waals surface area contributed by atoms with Gasteiger partial charge in [-0.05, 0) is 82.7 Å². The highest BCUT2D eigenvalue weighted by Crippen LogP contribution is 2.34. The molecule has 7 nitrogen and oxygen atoms in total. The van der Waals surface area contributed by atoms with E-state index in [-0.39, 0.29) is 11.9 Å². The highest BCUT2D eigenvalue weighted by atomic mass is 16.5. The van der Waals surface area contributed by atoms with E-state index in [2.05, 4.69) is 89.4 Å². The second kappa shape index (κ2) is 12.2. The molecule has 0 bridgehead atoms. The van der Waals surface area contributed by atoms with Crippen molar-refractivity contribution in [3.63, 3.8) is 0 Å². The van der Waals surface area contributed by atoms with Gasteiger partial charge in [0.15, 0.2) is 5.78 Å². The summed E-state index contributed by atoms with van der Waals surface area (Å²) in [5.74, 6) is 3.68. The summed E-state index contributed by atoms with van der Waals surface area (Å²) in [6.45, 7) is 7.31. The van der Waals surface area contributed by atoms with Crippen LogP contribution in [-0.2, 0) is 9.53 Å². The van der Waals surface area contributed by atoms with E-state index in [1.807, 2.05) is 0 Å². The largest absolute Gasteiger partial charge is 0.380 e. The van der Waals surface area contributed by atoms with E-state index in [0.717, 1.165) is 61.5 Å². The highest BCUT2D eigenvalue weighted by Gasteiger charge is 2.30. The van der Waals surface area contributed by atoms with Crippen LogP contribution in [0.25, 0.3) is 0 Å². The summed E-state index contributed by atoms with van der Waals surface area (Å²) in [5, 5.41) is 3.75. The Morgan fingerprint density at radius 3 is 2.62 bits per heavy atom. The van der Waals surface area contributed by atoms with Gasteiger partial charge in [-0.25, -0.2) is 0 Å². The third-order valence-electron chi connectivity index (χ3n) is 7.93. The number of hydrogen-bond donors (Lipinski definition) is 1. The second-order valence-corrected chi connectivity index (χ2v) is 10.9. The minimum absolute atomic E-state index is 0.0751. The Morgan fingerprint density at radius 2 is 2.00 bits per heavy atom. The molecule has 7 heteroatoms. The highest BCUT2D eigenvalue weighted by molar-refractivity contribution is 5.83. The van der Waals surface area contributed by atoms with E-state index in [9.17, 15) is 4.79 Å². The number of methoxy groups -OCH3 is 1. The number of nitrogens with zero attached hydrogens (tertiary/aromatic N) is 4. The average Bonchev–Trinajstić information content (AvgIpc) is 3.32. The van der Waals surface area contributed by atoms with Crippen LogP contribution in [0.5, 0.6) is 0 Å². The number of piperidine rings is 1. The first-order valence-corrected chi connectivity index (χ1v) is 13.4. The average molecular weight is 506 g/mol. The molecule has 3 aliphatic rings. The van der Waals surface area contributed by atoms with Gasteiger partial charge in [0.2, 0.25) is 0 Å². The Hall–Kier alpha value is -2.79. The van der Waals surface area contributed by atoms with Crippen molar-refractivity contribution >= 4 is 11.5 Å². The van der Waals surface area contributed by atoms with Crippen LogP contribution in [0.1, 0.15) is 43.2 Å². The number of ketones is 1. The molecule has 4 rings (SSSR count). The third-order valence-corrected chi connectivity index (χ3v) is 7.93. The summed E-state index contributed by atoms with van der Waals surface area (Å²) >= 11 is 0. The summed E-state index contributed by atoms with van der Waals surface area (Å²) < 4.78 is 5.62. The molecule has 37 heavy (non-hydrogen) atoms. The van der Waals surface area contributed by atoms with Gasteiger partial charge in [-0.2, -0.15) is 0 Å².